The molecule has 2 rings (SSSR count). The lowest BCUT2D eigenvalue weighted by molar-refractivity contribution is 0.580. The molecule has 0 unspecified atom stereocenters. The molecule has 0 saturated carbocycles. The van der Waals surface area contributed by atoms with Gasteiger partial charge in [-0.2, -0.15) is 0 Å². The highest BCUT2D eigenvalue weighted by molar-refractivity contribution is 7.89. The Morgan fingerprint density at radius 2 is 2.21 bits per heavy atom. The molecule has 0 bridgehead atoms. The predicted molar refractivity (Wildman–Crippen MR) is 71.7 cm³/mol. The fraction of sp³-hybridized carbons (Fsp3) is 0.182. The molecule has 5 nitrogen and oxygen atoms in total. The standard InChI is InChI=1S/C11H12FN3O2S2/c1-7-6-18-11(15-7)5-14-19(16,17)8-2-3-9(12)10(13)4-8/h2-4,6,14H,5,13H2,1H3. The number of sulfonamides is 1. The molecule has 2 aromatic rings. The minimum atomic E-state index is -3.72. The van der Waals surface area contributed by atoms with Crippen molar-refractivity contribution < 1.29 is 12.8 Å². The molecule has 0 aliphatic heterocycles. The maximum Gasteiger partial charge on any atom is 0.241 e. The summed E-state index contributed by atoms with van der Waals surface area (Å²) in [4.78, 5) is 4.08. The highest BCUT2D eigenvalue weighted by Gasteiger charge is 2.15. The third-order valence-electron chi connectivity index (χ3n) is 2.36. The second-order valence-corrected chi connectivity index (χ2v) is 6.60. The van der Waals surface area contributed by atoms with Gasteiger partial charge in [0.15, 0.2) is 0 Å². The number of hydrogen-bond donors (Lipinski definition) is 2. The number of anilines is 1. The van der Waals surface area contributed by atoms with E-state index in [1.807, 2.05) is 12.3 Å². The zero-order chi connectivity index (χ0) is 14.0. The second kappa shape index (κ2) is 5.24. The summed E-state index contributed by atoms with van der Waals surface area (Å²) in [5, 5.41) is 2.50. The molecular weight excluding hydrogens is 289 g/mol. The fourth-order valence-electron chi connectivity index (χ4n) is 1.41. The zero-order valence-electron chi connectivity index (χ0n) is 10.1. The average molecular weight is 301 g/mol. The van der Waals surface area contributed by atoms with Crippen LogP contribution in [0.2, 0.25) is 0 Å². The molecule has 0 saturated heterocycles. The van der Waals surface area contributed by atoms with Gasteiger partial charge < -0.3 is 5.73 Å². The molecule has 1 aromatic heterocycles. The number of benzene rings is 1. The van der Waals surface area contributed by atoms with E-state index >= 15 is 0 Å². The first-order chi connectivity index (χ1) is 8.88. The van der Waals surface area contributed by atoms with Gasteiger partial charge in [0.1, 0.15) is 10.8 Å². The smallest absolute Gasteiger partial charge is 0.241 e. The van der Waals surface area contributed by atoms with Crippen LogP contribution in [0.5, 0.6) is 0 Å². The van der Waals surface area contributed by atoms with Crippen molar-refractivity contribution in [3.05, 3.63) is 40.1 Å². The lowest BCUT2D eigenvalue weighted by Crippen LogP contribution is -2.23. The van der Waals surface area contributed by atoms with Crippen LogP contribution in [-0.4, -0.2) is 13.4 Å². The van der Waals surface area contributed by atoms with Gasteiger partial charge in [0.2, 0.25) is 10.0 Å². The SMILES string of the molecule is Cc1csc(CNS(=O)(=O)c2ccc(F)c(N)c2)n1. The van der Waals surface area contributed by atoms with Gasteiger partial charge in [-0.25, -0.2) is 22.5 Å². The minimum Gasteiger partial charge on any atom is -0.396 e. The van der Waals surface area contributed by atoms with E-state index in [-0.39, 0.29) is 17.1 Å². The van der Waals surface area contributed by atoms with Crippen LogP contribution in [0.4, 0.5) is 10.1 Å². The molecular formula is C11H12FN3O2S2. The largest absolute Gasteiger partial charge is 0.396 e. The molecule has 0 spiro atoms. The lowest BCUT2D eigenvalue weighted by atomic mass is 10.3. The Morgan fingerprint density at radius 3 is 2.79 bits per heavy atom. The van der Waals surface area contributed by atoms with Crippen LogP contribution in [0.25, 0.3) is 0 Å². The van der Waals surface area contributed by atoms with Crippen molar-refractivity contribution in [2.45, 2.75) is 18.4 Å². The Balaban J connectivity index is 2.16. The first-order valence-electron chi connectivity index (χ1n) is 5.34. The fourth-order valence-corrected chi connectivity index (χ4v) is 3.24. The van der Waals surface area contributed by atoms with Crippen LogP contribution in [0, 0.1) is 12.7 Å². The van der Waals surface area contributed by atoms with Gasteiger partial charge in [-0.1, -0.05) is 0 Å². The highest BCUT2D eigenvalue weighted by atomic mass is 32.2. The van der Waals surface area contributed by atoms with Crippen molar-refractivity contribution in [3.8, 4) is 0 Å². The van der Waals surface area contributed by atoms with E-state index in [9.17, 15) is 12.8 Å². The number of nitrogens with two attached hydrogens (primary N) is 1. The second-order valence-electron chi connectivity index (χ2n) is 3.89. The number of aromatic nitrogens is 1. The molecule has 0 aliphatic carbocycles. The summed E-state index contributed by atoms with van der Waals surface area (Å²) in [6.07, 6.45) is 0. The van der Waals surface area contributed by atoms with Crippen LogP contribution >= 0.6 is 11.3 Å². The molecule has 8 heteroatoms. The topological polar surface area (TPSA) is 85.1 Å². The van der Waals surface area contributed by atoms with E-state index in [2.05, 4.69) is 9.71 Å². The maximum absolute atomic E-state index is 13.0. The molecule has 19 heavy (non-hydrogen) atoms. The van der Waals surface area contributed by atoms with E-state index in [1.54, 1.807) is 0 Å². The van der Waals surface area contributed by atoms with Crippen molar-refractivity contribution in [1.29, 1.82) is 0 Å². The third-order valence-corrected chi connectivity index (χ3v) is 4.72. The van der Waals surface area contributed by atoms with Crippen molar-refractivity contribution in [2.75, 3.05) is 5.73 Å². The highest BCUT2D eigenvalue weighted by Crippen LogP contribution is 2.17. The Hall–Kier alpha value is -1.51. The van der Waals surface area contributed by atoms with Crippen LogP contribution in [-0.2, 0) is 16.6 Å². The summed E-state index contributed by atoms with van der Waals surface area (Å²) < 4.78 is 39.3. The number of hydrogen-bond acceptors (Lipinski definition) is 5. The summed E-state index contributed by atoms with van der Waals surface area (Å²) in [6.45, 7) is 1.92. The molecule has 1 aromatic carbocycles. The summed E-state index contributed by atoms with van der Waals surface area (Å²) in [6, 6.07) is 3.28. The van der Waals surface area contributed by atoms with Gasteiger partial charge in [-0.05, 0) is 25.1 Å². The molecule has 0 atom stereocenters. The third kappa shape index (κ3) is 3.28. The Morgan fingerprint density at radius 1 is 1.47 bits per heavy atom. The molecule has 102 valence electrons. The Labute approximate surface area is 114 Å². The van der Waals surface area contributed by atoms with Gasteiger partial charge in [0.05, 0.1) is 17.1 Å². The van der Waals surface area contributed by atoms with Crippen molar-refractivity contribution >= 4 is 27.0 Å². The number of nitrogens with zero attached hydrogens (tertiary/aromatic N) is 1. The van der Waals surface area contributed by atoms with Crippen molar-refractivity contribution in [1.82, 2.24) is 9.71 Å². The predicted octanol–water partition coefficient (Wildman–Crippen LogP) is 1.65. The van der Waals surface area contributed by atoms with Crippen molar-refractivity contribution in [2.24, 2.45) is 0 Å². The first kappa shape index (κ1) is 13.9. The summed E-state index contributed by atoms with van der Waals surface area (Å²) in [5.74, 6) is -0.644. The van der Waals surface area contributed by atoms with Gasteiger partial charge in [0, 0.05) is 11.1 Å². The molecule has 0 radical (unpaired) electrons. The summed E-state index contributed by atoms with van der Waals surface area (Å²) in [7, 11) is -3.72. The zero-order valence-corrected chi connectivity index (χ0v) is 11.7. The quantitative estimate of drug-likeness (QED) is 0.841. The number of rotatable bonds is 4. The number of halogens is 1. The summed E-state index contributed by atoms with van der Waals surface area (Å²) in [5.41, 5.74) is 5.99. The number of aryl methyl sites for hydroxylation is 1. The van der Waals surface area contributed by atoms with E-state index in [0.717, 1.165) is 17.8 Å². The molecule has 0 aliphatic rings. The van der Waals surface area contributed by atoms with Crippen LogP contribution < -0.4 is 10.5 Å². The van der Waals surface area contributed by atoms with Crippen LogP contribution in [0.15, 0.2) is 28.5 Å². The van der Waals surface area contributed by atoms with Gasteiger partial charge in [-0.3, -0.25) is 0 Å². The van der Waals surface area contributed by atoms with E-state index in [4.69, 9.17) is 5.73 Å². The molecule has 3 N–H and O–H groups in total. The first-order valence-corrected chi connectivity index (χ1v) is 7.70. The lowest BCUT2D eigenvalue weighted by Gasteiger charge is -2.06. The van der Waals surface area contributed by atoms with Crippen molar-refractivity contribution in [3.63, 3.8) is 0 Å². The number of nitrogen functional groups attached to an aromatic ring is 1. The van der Waals surface area contributed by atoms with E-state index in [1.165, 1.54) is 17.4 Å². The number of nitrogens with one attached hydrogen (secondary N) is 1. The minimum absolute atomic E-state index is 0.0697. The van der Waals surface area contributed by atoms with Crippen LogP contribution in [0.1, 0.15) is 10.7 Å². The van der Waals surface area contributed by atoms with E-state index < -0.39 is 15.8 Å². The normalized spacial score (nSPS) is 11.7. The van der Waals surface area contributed by atoms with Gasteiger partial charge in [0.25, 0.3) is 0 Å². The maximum atomic E-state index is 13.0. The Bertz CT molecular complexity index is 698. The molecule has 0 amide bonds. The Kier molecular flexibility index (Phi) is 3.83. The van der Waals surface area contributed by atoms with Gasteiger partial charge >= 0.3 is 0 Å². The van der Waals surface area contributed by atoms with Crippen LogP contribution in [0.3, 0.4) is 0 Å². The van der Waals surface area contributed by atoms with Gasteiger partial charge in [-0.15, -0.1) is 11.3 Å². The average Bonchev–Trinajstić information content (AvgIpc) is 2.76. The molecule has 1 heterocycles. The number of thiazole rings is 1. The monoisotopic (exact) mass is 301 g/mol. The summed E-state index contributed by atoms with van der Waals surface area (Å²) >= 11 is 1.37. The van der Waals surface area contributed by atoms with E-state index in [0.29, 0.717) is 5.01 Å². The molecule has 0 fully saturated rings.